The molecule has 0 amide bonds. The summed E-state index contributed by atoms with van der Waals surface area (Å²) in [5, 5.41) is 0. The zero-order valence-electron chi connectivity index (χ0n) is 6.25. The maximum Gasteiger partial charge on any atom is 0.359 e. The molecule has 0 aliphatic rings. The summed E-state index contributed by atoms with van der Waals surface area (Å²) in [6.07, 6.45) is 0. The minimum atomic E-state index is -0.480. The average Bonchev–Trinajstić information content (AvgIpc) is 2.32. The third-order valence-corrected chi connectivity index (χ3v) is 2.05. The molecular formula is C6H8N2O2S. The Labute approximate surface area is 68.1 Å². The topological polar surface area (TPSA) is 65.2 Å². The highest BCUT2D eigenvalue weighted by Gasteiger charge is 2.15. The Morgan fingerprint density at radius 1 is 1.73 bits per heavy atom. The maximum atomic E-state index is 10.9. The van der Waals surface area contributed by atoms with Crippen molar-refractivity contribution in [1.29, 1.82) is 0 Å². The van der Waals surface area contributed by atoms with E-state index in [4.69, 9.17) is 5.73 Å². The van der Waals surface area contributed by atoms with Gasteiger partial charge in [0.2, 0.25) is 0 Å². The number of nitrogens with two attached hydrogens (primary N) is 1. The van der Waals surface area contributed by atoms with Gasteiger partial charge in [-0.25, -0.2) is 4.79 Å². The summed E-state index contributed by atoms with van der Waals surface area (Å²) in [5.74, 6) is -0.480. The molecule has 0 bridgehead atoms. The molecule has 0 saturated heterocycles. The molecule has 2 N–H and O–H groups in total. The molecule has 0 saturated carbocycles. The van der Waals surface area contributed by atoms with Crippen LogP contribution >= 0.6 is 11.5 Å². The van der Waals surface area contributed by atoms with Gasteiger partial charge in [-0.05, 0) is 18.5 Å². The first-order valence-corrected chi connectivity index (χ1v) is 3.74. The molecule has 0 atom stereocenters. The van der Waals surface area contributed by atoms with Gasteiger partial charge >= 0.3 is 5.97 Å². The maximum absolute atomic E-state index is 10.9. The van der Waals surface area contributed by atoms with E-state index in [0.29, 0.717) is 5.69 Å². The van der Waals surface area contributed by atoms with Gasteiger partial charge in [0.15, 0.2) is 5.69 Å². The van der Waals surface area contributed by atoms with E-state index < -0.39 is 5.97 Å². The Hall–Kier alpha value is -1.10. The van der Waals surface area contributed by atoms with E-state index in [9.17, 15) is 4.79 Å². The molecule has 0 aliphatic carbocycles. The number of nitrogens with zero attached hydrogens (tertiary/aromatic N) is 1. The lowest BCUT2D eigenvalue weighted by Gasteiger charge is -1.94. The van der Waals surface area contributed by atoms with Gasteiger partial charge in [0, 0.05) is 4.88 Å². The minimum absolute atomic E-state index is 0.218. The van der Waals surface area contributed by atoms with Gasteiger partial charge in [0.1, 0.15) is 0 Å². The van der Waals surface area contributed by atoms with Crippen LogP contribution < -0.4 is 5.73 Å². The van der Waals surface area contributed by atoms with Crippen molar-refractivity contribution in [3.05, 3.63) is 10.6 Å². The molecule has 1 rings (SSSR count). The van der Waals surface area contributed by atoms with Crippen LogP contribution in [0.25, 0.3) is 0 Å². The predicted octanol–water partition coefficient (Wildman–Crippen LogP) is 0.820. The molecule has 4 nitrogen and oxygen atoms in total. The van der Waals surface area contributed by atoms with E-state index in [-0.39, 0.29) is 5.69 Å². The number of rotatable bonds is 1. The van der Waals surface area contributed by atoms with Crippen LogP contribution in [0.2, 0.25) is 0 Å². The number of carbonyl (C=O) groups is 1. The number of methoxy groups -OCH3 is 1. The molecule has 0 aromatic carbocycles. The second-order valence-electron chi connectivity index (χ2n) is 1.99. The van der Waals surface area contributed by atoms with Crippen molar-refractivity contribution in [2.24, 2.45) is 0 Å². The number of carbonyl (C=O) groups excluding carboxylic acids is 1. The van der Waals surface area contributed by atoms with Gasteiger partial charge in [-0.3, -0.25) is 0 Å². The standard InChI is InChI=1S/C6H8N2O2S/c1-3-4(7)5(8-11-3)6(9)10-2/h7H2,1-2H3. The number of aromatic nitrogens is 1. The van der Waals surface area contributed by atoms with Crippen molar-refractivity contribution >= 4 is 23.2 Å². The van der Waals surface area contributed by atoms with Crippen molar-refractivity contribution in [2.75, 3.05) is 12.8 Å². The first kappa shape index (κ1) is 8.00. The molecular weight excluding hydrogens is 164 g/mol. The molecule has 0 aliphatic heterocycles. The number of esters is 1. The van der Waals surface area contributed by atoms with E-state index in [0.717, 1.165) is 4.88 Å². The molecule has 5 heteroatoms. The van der Waals surface area contributed by atoms with Crippen molar-refractivity contribution in [3.63, 3.8) is 0 Å². The van der Waals surface area contributed by atoms with E-state index in [2.05, 4.69) is 9.11 Å². The smallest absolute Gasteiger partial charge is 0.359 e. The molecule has 1 heterocycles. The van der Waals surface area contributed by atoms with Crippen molar-refractivity contribution in [2.45, 2.75) is 6.92 Å². The van der Waals surface area contributed by atoms with Crippen LogP contribution in [0, 0.1) is 6.92 Å². The Bertz CT molecular complexity index is 282. The monoisotopic (exact) mass is 172 g/mol. The fourth-order valence-electron chi connectivity index (χ4n) is 0.623. The summed E-state index contributed by atoms with van der Waals surface area (Å²) >= 11 is 1.20. The zero-order valence-corrected chi connectivity index (χ0v) is 7.07. The van der Waals surface area contributed by atoms with Crippen LogP contribution in [0.1, 0.15) is 15.4 Å². The highest BCUT2D eigenvalue weighted by Crippen LogP contribution is 2.20. The molecule has 60 valence electrons. The highest BCUT2D eigenvalue weighted by atomic mass is 32.1. The number of aryl methyl sites for hydroxylation is 1. The predicted molar refractivity (Wildman–Crippen MR) is 42.6 cm³/mol. The Balaban J connectivity index is 3.04. The molecule has 0 fully saturated rings. The molecule has 11 heavy (non-hydrogen) atoms. The van der Waals surface area contributed by atoms with Crippen LogP contribution in [0.3, 0.4) is 0 Å². The normalized spacial score (nSPS) is 9.64. The summed E-state index contributed by atoms with van der Waals surface area (Å²) in [5.41, 5.74) is 6.16. The molecule has 1 aromatic heterocycles. The molecule has 0 radical (unpaired) electrons. The van der Waals surface area contributed by atoms with Crippen LogP contribution in [0.15, 0.2) is 0 Å². The first-order chi connectivity index (χ1) is 5.16. The van der Waals surface area contributed by atoms with E-state index in [1.54, 1.807) is 6.92 Å². The van der Waals surface area contributed by atoms with Gasteiger partial charge in [0.25, 0.3) is 0 Å². The quantitative estimate of drug-likeness (QED) is 0.637. The summed E-state index contributed by atoms with van der Waals surface area (Å²) in [4.78, 5) is 11.7. The highest BCUT2D eigenvalue weighted by molar-refractivity contribution is 7.06. The third-order valence-electron chi connectivity index (χ3n) is 1.29. The van der Waals surface area contributed by atoms with Crippen LogP contribution in [-0.2, 0) is 4.74 Å². The lowest BCUT2D eigenvalue weighted by atomic mass is 10.3. The zero-order chi connectivity index (χ0) is 8.43. The first-order valence-electron chi connectivity index (χ1n) is 2.97. The Morgan fingerprint density at radius 3 is 2.73 bits per heavy atom. The van der Waals surface area contributed by atoms with Crippen molar-refractivity contribution in [3.8, 4) is 0 Å². The van der Waals surface area contributed by atoms with Gasteiger partial charge in [-0.2, -0.15) is 4.37 Å². The van der Waals surface area contributed by atoms with Crippen LogP contribution in [0.4, 0.5) is 5.69 Å². The minimum Gasteiger partial charge on any atom is -0.464 e. The van der Waals surface area contributed by atoms with Gasteiger partial charge in [-0.15, -0.1) is 0 Å². The third kappa shape index (κ3) is 1.32. The Kier molecular flexibility index (Phi) is 2.09. The lowest BCUT2D eigenvalue weighted by Crippen LogP contribution is -2.04. The van der Waals surface area contributed by atoms with Gasteiger partial charge in [0.05, 0.1) is 12.8 Å². The second kappa shape index (κ2) is 2.87. The van der Waals surface area contributed by atoms with Crippen LogP contribution in [-0.4, -0.2) is 17.5 Å². The van der Waals surface area contributed by atoms with E-state index in [1.807, 2.05) is 0 Å². The lowest BCUT2D eigenvalue weighted by molar-refractivity contribution is 0.0596. The van der Waals surface area contributed by atoms with E-state index >= 15 is 0 Å². The van der Waals surface area contributed by atoms with Gasteiger partial charge < -0.3 is 10.5 Å². The van der Waals surface area contributed by atoms with Gasteiger partial charge in [-0.1, -0.05) is 0 Å². The number of hydrogen-bond acceptors (Lipinski definition) is 5. The summed E-state index contributed by atoms with van der Waals surface area (Å²) in [6, 6.07) is 0. The van der Waals surface area contributed by atoms with Crippen LogP contribution in [0.5, 0.6) is 0 Å². The van der Waals surface area contributed by atoms with Crippen molar-refractivity contribution in [1.82, 2.24) is 4.37 Å². The molecule has 0 spiro atoms. The SMILES string of the molecule is COC(=O)c1nsc(C)c1N. The molecule has 1 aromatic rings. The summed E-state index contributed by atoms with van der Waals surface area (Å²) in [7, 11) is 1.30. The second-order valence-corrected chi connectivity index (χ2v) is 2.97. The summed E-state index contributed by atoms with van der Waals surface area (Å²) in [6.45, 7) is 1.80. The fraction of sp³-hybridized carbons (Fsp3) is 0.333. The van der Waals surface area contributed by atoms with Crippen molar-refractivity contribution < 1.29 is 9.53 Å². The molecule has 0 unspecified atom stereocenters. The number of anilines is 1. The number of hydrogen-bond donors (Lipinski definition) is 1. The largest absolute Gasteiger partial charge is 0.464 e. The fourth-order valence-corrected chi connectivity index (χ4v) is 1.22. The van der Waals surface area contributed by atoms with E-state index in [1.165, 1.54) is 18.6 Å². The summed E-state index contributed by atoms with van der Waals surface area (Å²) < 4.78 is 8.28. The number of nitrogen functional groups attached to an aromatic ring is 1. The number of ether oxygens (including phenoxy) is 1. The Morgan fingerprint density at radius 2 is 2.36 bits per heavy atom. The average molecular weight is 172 g/mol.